The SMILES string of the molecule is CC[N+](CC)(CC)CCC(=O)OCCc1ncnc(N(C)C)n1. The molecule has 23 heavy (non-hydrogen) atoms. The Balaban J connectivity index is 2.38. The summed E-state index contributed by atoms with van der Waals surface area (Å²) in [5, 5.41) is 0. The van der Waals surface area contributed by atoms with Crippen molar-refractivity contribution in [3.8, 4) is 0 Å². The van der Waals surface area contributed by atoms with Gasteiger partial charge in [-0.05, 0) is 20.8 Å². The second-order valence-corrected chi connectivity index (χ2v) is 5.83. The number of nitrogens with zero attached hydrogens (tertiary/aromatic N) is 5. The number of aromatic nitrogens is 3. The maximum Gasteiger partial charge on any atom is 0.311 e. The number of anilines is 1. The Morgan fingerprint density at radius 3 is 2.39 bits per heavy atom. The second-order valence-electron chi connectivity index (χ2n) is 5.83. The molecule has 1 aromatic heterocycles. The third-order valence-electron chi connectivity index (χ3n) is 4.40. The van der Waals surface area contributed by atoms with Gasteiger partial charge < -0.3 is 14.1 Å². The summed E-state index contributed by atoms with van der Waals surface area (Å²) >= 11 is 0. The van der Waals surface area contributed by atoms with Crippen LogP contribution in [0, 0.1) is 0 Å². The average Bonchev–Trinajstić information content (AvgIpc) is 2.57. The summed E-state index contributed by atoms with van der Waals surface area (Å²) in [6.07, 6.45) is 2.44. The summed E-state index contributed by atoms with van der Waals surface area (Å²) in [7, 11) is 3.75. The number of esters is 1. The molecule has 0 aromatic carbocycles. The van der Waals surface area contributed by atoms with Crippen molar-refractivity contribution in [1.29, 1.82) is 0 Å². The van der Waals surface area contributed by atoms with Gasteiger partial charge >= 0.3 is 5.97 Å². The van der Waals surface area contributed by atoms with E-state index < -0.39 is 0 Å². The molecule has 1 aromatic rings. The highest BCUT2D eigenvalue weighted by Gasteiger charge is 2.22. The van der Waals surface area contributed by atoms with Gasteiger partial charge in [-0.25, -0.2) is 9.97 Å². The van der Waals surface area contributed by atoms with E-state index in [1.165, 1.54) is 6.33 Å². The van der Waals surface area contributed by atoms with E-state index >= 15 is 0 Å². The zero-order valence-electron chi connectivity index (χ0n) is 15.1. The molecular weight excluding hydrogens is 294 g/mol. The van der Waals surface area contributed by atoms with Crippen LogP contribution in [0.3, 0.4) is 0 Å². The van der Waals surface area contributed by atoms with E-state index in [0.29, 0.717) is 31.2 Å². The molecule has 0 radical (unpaired) electrons. The number of ether oxygens (including phenoxy) is 1. The van der Waals surface area contributed by atoms with Crippen LogP contribution in [0.1, 0.15) is 33.0 Å². The molecule has 1 heterocycles. The van der Waals surface area contributed by atoms with Crippen LogP contribution in [-0.2, 0) is 16.0 Å². The van der Waals surface area contributed by atoms with E-state index in [0.717, 1.165) is 30.7 Å². The van der Waals surface area contributed by atoms with Crippen LogP contribution >= 0.6 is 0 Å². The van der Waals surface area contributed by atoms with Crippen LogP contribution in [0.25, 0.3) is 0 Å². The minimum Gasteiger partial charge on any atom is -0.465 e. The third-order valence-corrected chi connectivity index (χ3v) is 4.40. The van der Waals surface area contributed by atoms with Gasteiger partial charge in [0.05, 0.1) is 39.2 Å². The van der Waals surface area contributed by atoms with Gasteiger partial charge in [0, 0.05) is 20.5 Å². The first-order chi connectivity index (χ1) is 11.0. The monoisotopic (exact) mass is 324 g/mol. The maximum atomic E-state index is 11.9. The minimum atomic E-state index is -0.148. The van der Waals surface area contributed by atoms with Gasteiger partial charge in [0.1, 0.15) is 12.2 Å². The molecule has 0 aliphatic heterocycles. The zero-order valence-corrected chi connectivity index (χ0v) is 15.1. The van der Waals surface area contributed by atoms with E-state index in [-0.39, 0.29) is 5.97 Å². The number of quaternary nitrogens is 1. The molecule has 0 spiro atoms. The fourth-order valence-corrected chi connectivity index (χ4v) is 2.46. The number of carbonyl (C=O) groups is 1. The molecular formula is C16H30N5O2+. The fourth-order valence-electron chi connectivity index (χ4n) is 2.46. The Morgan fingerprint density at radius 1 is 1.17 bits per heavy atom. The predicted octanol–water partition coefficient (Wildman–Crippen LogP) is 1.29. The van der Waals surface area contributed by atoms with Crippen molar-refractivity contribution < 1.29 is 14.0 Å². The lowest BCUT2D eigenvalue weighted by atomic mass is 10.3. The largest absolute Gasteiger partial charge is 0.465 e. The van der Waals surface area contributed by atoms with Crippen LogP contribution in [0.5, 0.6) is 0 Å². The average molecular weight is 324 g/mol. The summed E-state index contributed by atoms with van der Waals surface area (Å²) in [5.74, 6) is 1.10. The first-order valence-corrected chi connectivity index (χ1v) is 8.32. The van der Waals surface area contributed by atoms with Crippen LogP contribution in [0.2, 0.25) is 0 Å². The van der Waals surface area contributed by atoms with Crippen molar-refractivity contribution in [1.82, 2.24) is 15.0 Å². The lowest BCUT2D eigenvalue weighted by Gasteiger charge is -2.35. The molecule has 0 N–H and O–H groups in total. The van der Waals surface area contributed by atoms with E-state index in [4.69, 9.17) is 4.74 Å². The van der Waals surface area contributed by atoms with E-state index in [9.17, 15) is 4.79 Å². The van der Waals surface area contributed by atoms with Gasteiger partial charge in [-0.3, -0.25) is 4.79 Å². The number of rotatable bonds is 10. The maximum absolute atomic E-state index is 11.9. The fraction of sp³-hybridized carbons (Fsp3) is 0.750. The first-order valence-electron chi connectivity index (χ1n) is 8.32. The summed E-state index contributed by atoms with van der Waals surface area (Å²) in [5.41, 5.74) is 0. The minimum absolute atomic E-state index is 0.148. The Morgan fingerprint density at radius 2 is 1.83 bits per heavy atom. The van der Waals surface area contributed by atoms with Crippen LogP contribution in [0.4, 0.5) is 5.95 Å². The normalized spacial score (nSPS) is 11.3. The highest BCUT2D eigenvalue weighted by atomic mass is 16.5. The van der Waals surface area contributed by atoms with Crippen molar-refractivity contribution in [2.45, 2.75) is 33.6 Å². The molecule has 0 saturated heterocycles. The van der Waals surface area contributed by atoms with Crippen molar-refractivity contribution in [2.24, 2.45) is 0 Å². The highest BCUT2D eigenvalue weighted by Crippen LogP contribution is 2.08. The Kier molecular flexibility index (Phi) is 7.88. The molecule has 0 fully saturated rings. The summed E-state index contributed by atoms with van der Waals surface area (Å²) < 4.78 is 6.27. The molecule has 0 amide bonds. The van der Waals surface area contributed by atoms with Crippen molar-refractivity contribution in [3.05, 3.63) is 12.2 Å². The lowest BCUT2D eigenvalue weighted by molar-refractivity contribution is -0.922. The summed E-state index contributed by atoms with van der Waals surface area (Å²) in [6, 6.07) is 0. The molecule has 7 heteroatoms. The van der Waals surface area contributed by atoms with E-state index in [2.05, 4.69) is 35.7 Å². The Hall–Kier alpha value is -1.76. The number of hydrogen-bond acceptors (Lipinski definition) is 6. The highest BCUT2D eigenvalue weighted by molar-refractivity contribution is 5.69. The van der Waals surface area contributed by atoms with Crippen molar-refractivity contribution >= 4 is 11.9 Å². The van der Waals surface area contributed by atoms with Gasteiger partial charge in [-0.15, -0.1) is 0 Å². The molecule has 0 saturated carbocycles. The summed E-state index contributed by atoms with van der Waals surface area (Å²) in [6.45, 7) is 10.8. The molecule has 0 unspecified atom stereocenters. The van der Waals surface area contributed by atoms with Gasteiger partial charge in [0.15, 0.2) is 0 Å². The standard InChI is InChI=1S/C16H30N5O2/c1-6-21(7-2,8-3)11-9-15(22)23-12-10-14-17-13-18-16(19-14)20(4)5/h13H,6-12H2,1-5H3/q+1. The molecule has 130 valence electrons. The zero-order chi connectivity index (χ0) is 17.3. The molecule has 1 rings (SSSR count). The smallest absolute Gasteiger partial charge is 0.311 e. The molecule has 0 aliphatic rings. The molecule has 0 bridgehead atoms. The Labute approximate surface area is 139 Å². The topological polar surface area (TPSA) is 68.2 Å². The quantitative estimate of drug-likeness (QED) is 0.477. The molecule has 0 aliphatic carbocycles. The van der Waals surface area contributed by atoms with Crippen LogP contribution in [0.15, 0.2) is 6.33 Å². The van der Waals surface area contributed by atoms with Gasteiger partial charge in [0.2, 0.25) is 5.95 Å². The third kappa shape index (κ3) is 6.09. The van der Waals surface area contributed by atoms with Crippen LogP contribution in [-0.4, -0.2) is 72.3 Å². The predicted molar refractivity (Wildman–Crippen MR) is 90.2 cm³/mol. The Bertz CT molecular complexity index is 481. The second kappa shape index (κ2) is 9.39. The van der Waals surface area contributed by atoms with Gasteiger partial charge in [-0.1, -0.05) is 0 Å². The molecule has 0 atom stereocenters. The molecule has 7 nitrogen and oxygen atoms in total. The van der Waals surface area contributed by atoms with Crippen molar-refractivity contribution in [2.75, 3.05) is 51.8 Å². The number of carbonyl (C=O) groups excluding carboxylic acids is 1. The van der Waals surface area contributed by atoms with Crippen molar-refractivity contribution in [3.63, 3.8) is 0 Å². The van der Waals surface area contributed by atoms with E-state index in [1.54, 1.807) is 0 Å². The van der Waals surface area contributed by atoms with Gasteiger partial charge in [0.25, 0.3) is 0 Å². The van der Waals surface area contributed by atoms with Gasteiger partial charge in [-0.2, -0.15) is 4.98 Å². The number of hydrogen-bond donors (Lipinski definition) is 0. The van der Waals surface area contributed by atoms with E-state index in [1.807, 2.05) is 19.0 Å². The summed E-state index contributed by atoms with van der Waals surface area (Å²) in [4.78, 5) is 26.2. The lowest BCUT2D eigenvalue weighted by Crippen LogP contribution is -2.48. The first kappa shape index (κ1) is 19.3. The van der Waals surface area contributed by atoms with Crippen LogP contribution < -0.4 is 4.90 Å².